The van der Waals surface area contributed by atoms with E-state index in [2.05, 4.69) is 20.9 Å². The van der Waals surface area contributed by atoms with Crippen molar-refractivity contribution in [1.82, 2.24) is 16.0 Å². The Labute approximate surface area is 176 Å². The summed E-state index contributed by atoms with van der Waals surface area (Å²) in [4.78, 5) is 16.7. The van der Waals surface area contributed by atoms with Crippen LogP contribution >= 0.6 is 0 Å². The van der Waals surface area contributed by atoms with Crippen molar-refractivity contribution in [3.8, 4) is 0 Å². The monoisotopic (exact) mass is 427 g/mol. The van der Waals surface area contributed by atoms with Crippen LogP contribution in [0.3, 0.4) is 0 Å². The molecule has 4 atom stereocenters. The van der Waals surface area contributed by atoms with Gasteiger partial charge >= 0.3 is 0 Å². The van der Waals surface area contributed by atoms with E-state index in [1.807, 2.05) is 0 Å². The first kappa shape index (κ1) is 21.7. The highest BCUT2D eigenvalue weighted by Gasteiger charge is 2.57. The number of alkyl halides is 2. The van der Waals surface area contributed by atoms with E-state index in [0.717, 1.165) is 38.7 Å². The number of nitrogens with zero attached hydrogens (tertiary/aromatic N) is 1. The first-order valence-electron chi connectivity index (χ1n) is 11.2. The van der Waals surface area contributed by atoms with Gasteiger partial charge in [-0.05, 0) is 68.1 Å². The lowest BCUT2D eigenvalue weighted by atomic mass is 9.44. The number of aliphatic hydroxyl groups is 1. The van der Waals surface area contributed by atoms with Crippen LogP contribution in [0.15, 0.2) is 4.99 Å². The fourth-order valence-electron chi connectivity index (χ4n) is 6.87. The van der Waals surface area contributed by atoms with Crippen molar-refractivity contribution in [2.45, 2.75) is 69.9 Å². The molecule has 170 valence electrons. The maximum atomic E-state index is 13.2. The number of aliphatic imine (C=N–C) groups is 1. The van der Waals surface area contributed by atoms with Gasteiger partial charge in [0.25, 0.3) is 0 Å². The van der Waals surface area contributed by atoms with Crippen molar-refractivity contribution in [3.05, 3.63) is 0 Å². The molecule has 0 aromatic heterocycles. The van der Waals surface area contributed by atoms with Gasteiger partial charge in [0.1, 0.15) is 0 Å². The Morgan fingerprint density at radius 1 is 1.30 bits per heavy atom. The quantitative estimate of drug-likeness (QED) is 0.416. The normalized spacial score (nSPS) is 38.6. The van der Waals surface area contributed by atoms with E-state index in [0.29, 0.717) is 31.5 Å². The van der Waals surface area contributed by atoms with E-state index in [9.17, 15) is 18.7 Å². The molecule has 4 unspecified atom stereocenters. The number of hydrogen-bond donors (Lipinski definition) is 5. The Balaban J connectivity index is 1.37. The molecule has 1 amide bonds. The summed E-state index contributed by atoms with van der Waals surface area (Å²) in [5.41, 5.74) is 5.92. The summed E-state index contributed by atoms with van der Waals surface area (Å²) in [6, 6.07) is -1.18. The number of hydrogen-bond acceptors (Lipinski definition) is 6. The highest BCUT2D eigenvalue weighted by molar-refractivity contribution is 5.81. The highest BCUT2D eigenvalue weighted by atomic mass is 19.3. The third-order valence-electron chi connectivity index (χ3n) is 7.45. The molecule has 0 aromatic rings. The van der Waals surface area contributed by atoms with Gasteiger partial charge in [-0.3, -0.25) is 9.79 Å². The van der Waals surface area contributed by atoms with E-state index in [-0.39, 0.29) is 10.8 Å². The van der Waals surface area contributed by atoms with Gasteiger partial charge in [-0.25, -0.2) is 8.78 Å². The number of nitrogens with one attached hydrogen (secondary N) is 3. The number of halogens is 2. The number of rotatable bonds is 7. The number of nitrogens with two attached hydrogens (primary N) is 1. The number of guanidine groups is 1. The first-order chi connectivity index (χ1) is 14.1. The second kappa shape index (κ2) is 7.89. The lowest BCUT2D eigenvalue weighted by molar-refractivity contribution is -0.130. The van der Waals surface area contributed by atoms with Crippen LogP contribution in [-0.2, 0) is 4.79 Å². The summed E-state index contributed by atoms with van der Waals surface area (Å²) in [6.45, 7) is 3.08. The Morgan fingerprint density at radius 3 is 2.50 bits per heavy atom. The van der Waals surface area contributed by atoms with Crippen molar-refractivity contribution in [1.29, 1.82) is 0 Å². The number of amides is 1. The van der Waals surface area contributed by atoms with Gasteiger partial charge in [-0.1, -0.05) is 0 Å². The highest BCUT2D eigenvalue weighted by Crippen LogP contribution is 2.64. The second-order valence-corrected chi connectivity index (χ2v) is 10.6. The average Bonchev–Trinajstić information content (AvgIpc) is 2.63. The number of carbonyl (C=O) groups is 1. The molecule has 5 aliphatic rings. The molecule has 0 aromatic carbocycles. The maximum absolute atomic E-state index is 13.2. The van der Waals surface area contributed by atoms with Gasteiger partial charge in [0.15, 0.2) is 5.96 Å². The lowest BCUT2D eigenvalue weighted by Gasteiger charge is -2.62. The minimum atomic E-state index is -2.95. The van der Waals surface area contributed by atoms with E-state index in [1.54, 1.807) is 0 Å². The molecule has 6 N–H and O–H groups in total. The van der Waals surface area contributed by atoms with Crippen LogP contribution in [0.25, 0.3) is 0 Å². The number of β-amino-alcohol motifs (C(OH)–C–C–N with tert-alkyl or cyclic N) is 1. The van der Waals surface area contributed by atoms with Gasteiger partial charge in [-0.15, -0.1) is 0 Å². The molecular formula is C21H35F2N5O2. The topological polar surface area (TPSA) is 112 Å². The van der Waals surface area contributed by atoms with E-state index >= 15 is 0 Å². The maximum Gasteiger partial charge on any atom is 0.247 e. The van der Waals surface area contributed by atoms with Crippen LogP contribution in [0, 0.1) is 22.7 Å². The van der Waals surface area contributed by atoms with Crippen LogP contribution in [0.5, 0.6) is 0 Å². The molecular weight excluding hydrogens is 392 g/mol. The number of carbonyl (C=O) groups excluding carboxylic acids is 1. The Morgan fingerprint density at radius 2 is 1.93 bits per heavy atom. The van der Waals surface area contributed by atoms with Crippen molar-refractivity contribution in [2.75, 3.05) is 26.2 Å². The summed E-state index contributed by atoms with van der Waals surface area (Å²) in [5, 5.41) is 19.1. The molecule has 7 nitrogen and oxygen atoms in total. The summed E-state index contributed by atoms with van der Waals surface area (Å²) in [6.07, 6.45) is 5.77. The summed E-state index contributed by atoms with van der Waals surface area (Å²) >= 11 is 0. The Kier molecular flexibility index (Phi) is 5.72. The van der Waals surface area contributed by atoms with E-state index in [1.165, 1.54) is 19.3 Å². The predicted molar refractivity (Wildman–Crippen MR) is 110 cm³/mol. The standard InChI is InChI=1S/C21H35F2N5O2/c1-19(22,23)7-16(24)17(30)27-11-20-3-13-2-14(4-20)6-21(5-13,10-20)12-28-18-25-8-15(29)9-26-18/h13-16,29H,2-12,24H2,1H3,(H,27,30)(H2,25,26,28). The largest absolute Gasteiger partial charge is 0.389 e. The zero-order valence-electron chi connectivity index (χ0n) is 17.7. The van der Waals surface area contributed by atoms with E-state index < -0.39 is 30.4 Å². The molecule has 30 heavy (non-hydrogen) atoms. The van der Waals surface area contributed by atoms with E-state index in [4.69, 9.17) is 5.73 Å². The lowest BCUT2D eigenvalue weighted by Crippen LogP contribution is -2.60. The minimum absolute atomic E-state index is 0.0356. The van der Waals surface area contributed by atoms with Crippen LogP contribution in [0.2, 0.25) is 0 Å². The fourth-order valence-corrected chi connectivity index (χ4v) is 6.87. The molecule has 4 aliphatic carbocycles. The third kappa shape index (κ3) is 4.88. The Bertz CT molecular complexity index is 681. The minimum Gasteiger partial charge on any atom is -0.389 e. The molecule has 4 saturated carbocycles. The smallest absolute Gasteiger partial charge is 0.247 e. The molecule has 4 bridgehead atoms. The fraction of sp³-hybridized carbons (Fsp3) is 0.905. The molecule has 4 fully saturated rings. The Hall–Kier alpha value is -1.48. The average molecular weight is 428 g/mol. The zero-order valence-corrected chi connectivity index (χ0v) is 17.7. The number of aliphatic hydroxyl groups excluding tert-OH is 1. The molecule has 1 heterocycles. The first-order valence-corrected chi connectivity index (χ1v) is 11.2. The SMILES string of the molecule is CC(F)(F)CC(N)C(=O)NCC12CC3CC(C1)CC(CNC1=NCC(O)CN1)(C3)C2. The molecule has 0 saturated heterocycles. The van der Waals surface area contributed by atoms with Gasteiger partial charge in [-0.2, -0.15) is 0 Å². The van der Waals surface area contributed by atoms with Crippen molar-refractivity contribution in [3.63, 3.8) is 0 Å². The molecule has 1 aliphatic heterocycles. The molecule has 9 heteroatoms. The molecule has 5 rings (SSSR count). The second-order valence-electron chi connectivity index (χ2n) is 10.6. The van der Waals surface area contributed by atoms with Gasteiger partial charge in [0.2, 0.25) is 11.8 Å². The van der Waals surface area contributed by atoms with Crippen molar-refractivity contribution < 1.29 is 18.7 Å². The van der Waals surface area contributed by atoms with Crippen LogP contribution < -0.4 is 21.7 Å². The summed E-state index contributed by atoms with van der Waals surface area (Å²) < 4.78 is 26.4. The van der Waals surface area contributed by atoms with Crippen LogP contribution in [0.1, 0.15) is 51.9 Å². The predicted octanol–water partition coefficient (Wildman–Crippen LogP) is 0.972. The van der Waals surface area contributed by atoms with Gasteiger partial charge in [0, 0.05) is 26.1 Å². The van der Waals surface area contributed by atoms with Crippen molar-refractivity contribution >= 4 is 11.9 Å². The van der Waals surface area contributed by atoms with Gasteiger partial charge < -0.3 is 26.8 Å². The molecule has 0 radical (unpaired) electrons. The zero-order chi connectivity index (χ0) is 21.6. The van der Waals surface area contributed by atoms with Crippen LogP contribution in [-0.4, -0.2) is 61.2 Å². The molecule has 0 spiro atoms. The summed E-state index contributed by atoms with van der Waals surface area (Å²) in [5.74, 6) is -1.36. The summed E-state index contributed by atoms with van der Waals surface area (Å²) in [7, 11) is 0. The van der Waals surface area contributed by atoms with Crippen molar-refractivity contribution in [2.24, 2.45) is 33.4 Å². The van der Waals surface area contributed by atoms with Gasteiger partial charge in [0.05, 0.1) is 18.7 Å². The van der Waals surface area contributed by atoms with Crippen LogP contribution in [0.4, 0.5) is 8.78 Å². The third-order valence-corrected chi connectivity index (χ3v) is 7.45.